The molecule has 2 aliphatic heterocycles. The summed E-state index contributed by atoms with van der Waals surface area (Å²) in [6.07, 6.45) is 3.73. The summed E-state index contributed by atoms with van der Waals surface area (Å²) in [4.78, 5) is 14.2. The van der Waals surface area contributed by atoms with E-state index in [4.69, 9.17) is 4.74 Å². The van der Waals surface area contributed by atoms with Gasteiger partial charge >= 0.3 is 5.97 Å². The van der Waals surface area contributed by atoms with Gasteiger partial charge in [0.05, 0.1) is 13.0 Å². The molecule has 0 bridgehead atoms. The first-order valence-corrected chi connectivity index (χ1v) is 12.5. The van der Waals surface area contributed by atoms with E-state index >= 15 is 0 Å². The molecule has 3 atom stereocenters. The van der Waals surface area contributed by atoms with Gasteiger partial charge < -0.3 is 14.2 Å². The number of fused-ring (bicyclic) bond motifs is 1. The highest BCUT2D eigenvalue weighted by Crippen LogP contribution is 2.59. The minimum atomic E-state index is -0.131. The summed E-state index contributed by atoms with van der Waals surface area (Å²) in [5, 5.41) is 9.68. The van der Waals surface area contributed by atoms with Crippen LogP contribution in [0.1, 0.15) is 43.0 Å². The standard InChI is InChI=1S/C22H27BrN4O2S/c1-26-20(15-7-9-29-19(28)11-15)24-25-21(26)30-10-2-8-27-13-17-12-22(17,14-27)16-3-5-18(23)6-4-16/h3-6,15,17H,2,7-14H2,1H3/t15?,17-,22+/m0/s1. The molecule has 3 aliphatic rings. The third-order valence-corrected chi connectivity index (χ3v) is 8.50. The van der Waals surface area contributed by atoms with Gasteiger partial charge in [-0.2, -0.15) is 0 Å². The van der Waals surface area contributed by atoms with Crippen molar-refractivity contribution < 1.29 is 9.53 Å². The number of halogens is 1. The van der Waals surface area contributed by atoms with Crippen LogP contribution in [0.5, 0.6) is 0 Å². The molecular weight excluding hydrogens is 464 g/mol. The van der Waals surface area contributed by atoms with Gasteiger partial charge in [-0.3, -0.25) is 4.79 Å². The summed E-state index contributed by atoms with van der Waals surface area (Å²) in [6, 6.07) is 8.93. The van der Waals surface area contributed by atoms with Crippen molar-refractivity contribution in [3.63, 3.8) is 0 Å². The van der Waals surface area contributed by atoms with Gasteiger partial charge in [0.25, 0.3) is 0 Å². The van der Waals surface area contributed by atoms with Gasteiger partial charge in [-0.05, 0) is 49.4 Å². The van der Waals surface area contributed by atoms with Crippen LogP contribution in [0.15, 0.2) is 33.9 Å². The number of thioether (sulfide) groups is 1. The molecule has 2 saturated heterocycles. The molecule has 1 aromatic heterocycles. The molecule has 3 heterocycles. The second-order valence-corrected chi connectivity index (χ2v) is 10.8. The number of carbonyl (C=O) groups excluding carboxylic acids is 1. The number of aromatic nitrogens is 3. The molecule has 1 aliphatic carbocycles. The Labute approximate surface area is 189 Å². The van der Waals surface area contributed by atoms with Crippen LogP contribution in [0.2, 0.25) is 0 Å². The number of piperidine rings is 1. The lowest BCUT2D eigenvalue weighted by molar-refractivity contribution is -0.147. The molecule has 0 spiro atoms. The van der Waals surface area contributed by atoms with Gasteiger partial charge in [0.2, 0.25) is 0 Å². The van der Waals surface area contributed by atoms with Gasteiger partial charge in [0.15, 0.2) is 5.16 Å². The first kappa shape index (κ1) is 20.5. The van der Waals surface area contributed by atoms with Gasteiger partial charge in [-0.25, -0.2) is 0 Å². The molecule has 1 unspecified atom stereocenters. The third kappa shape index (κ3) is 3.94. The number of esters is 1. The monoisotopic (exact) mass is 490 g/mol. The average Bonchev–Trinajstić information content (AvgIpc) is 3.11. The van der Waals surface area contributed by atoms with E-state index in [0.29, 0.717) is 18.4 Å². The Morgan fingerprint density at radius 1 is 1.30 bits per heavy atom. The summed E-state index contributed by atoms with van der Waals surface area (Å²) in [5.74, 6) is 2.77. The molecule has 160 valence electrons. The Bertz CT molecular complexity index is 934. The summed E-state index contributed by atoms with van der Waals surface area (Å²) in [6.45, 7) is 4.04. The summed E-state index contributed by atoms with van der Waals surface area (Å²) < 4.78 is 8.26. The number of benzene rings is 1. The fourth-order valence-electron chi connectivity index (χ4n) is 5.14. The Balaban J connectivity index is 1.10. The zero-order valence-corrected chi connectivity index (χ0v) is 19.6. The van der Waals surface area contributed by atoms with Gasteiger partial charge in [0.1, 0.15) is 5.82 Å². The predicted octanol–water partition coefficient (Wildman–Crippen LogP) is 3.75. The summed E-state index contributed by atoms with van der Waals surface area (Å²) in [5.41, 5.74) is 1.92. The number of cyclic esters (lactones) is 1. The van der Waals surface area contributed by atoms with Crippen molar-refractivity contribution in [3.8, 4) is 0 Å². The van der Waals surface area contributed by atoms with Crippen LogP contribution in [-0.4, -0.2) is 57.6 Å². The number of carbonyl (C=O) groups is 1. The fourth-order valence-corrected chi connectivity index (χ4v) is 6.25. The topological polar surface area (TPSA) is 60.3 Å². The van der Waals surface area contributed by atoms with E-state index in [-0.39, 0.29) is 11.9 Å². The Morgan fingerprint density at radius 3 is 2.93 bits per heavy atom. The molecule has 0 radical (unpaired) electrons. The highest BCUT2D eigenvalue weighted by molar-refractivity contribution is 9.10. The molecule has 8 heteroatoms. The number of ether oxygens (including phenoxy) is 1. The maximum absolute atomic E-state index is 11.6. The van der Waals surface area contributed by atoms with Crippen molar-refractivity contribution in [2.75, 3.05) is 32.0 Å². The van der Waals surface area contributed by atoms with E-state index in [1.807, 2.05) is 7.05 Å². The van der Waals surface area contributed by atoms with Gasteiger partial charge in [-0.1, -0.05) is 39.8 Å². The zero-order chi connectivity index (χ0) is 20.7. The highest BCUT2D eigenvalue weighted by atomic mass is 79.9. The first-order valence-electron chi connectivity index (χ1n) is 10.7. The van der Waals surface area contributed by atoms with E-state index in [9.17, 15) is 4.79 Å². The normalized spacial score (nSPS) is 28.4. The van der Waals surface area contributed by atoms with E-state index < -0.39 is 0 Å². The van der Waals surface area contributed by atoms with Crippen LogP contribution in [0.4, 0.5) is 0 Å². The van der Waals surface area contributed by atoms with Crippen molar-refractivity contribution in [1.82, 2.24) is 19.7 Å². The van der Waals surface area contributed by atoms with Crippen LogP contribution in [0.3, 0.4) is 0 Å². The van der Waals surface area contributed by atoms with E-state index in [2.05, 4.69) is 59.9 Å². The molecule has 1 aromatic carbocycles. The predicted molar refractivity (Wildman–Crippen MR) is 120 cm³/mol. The van der Waals surface area contributed by atoms with Gasteiger partial charge in [-0.15, -0.1) is 10.2 Å². The second-order valence-electron chi connectivity index (χ2n) is 8.81. The zero-order valence-electron chi connectivity index (χ0n) is 17.2. The SMILES string of the molecule is Cn1c(SCCCN2C[C@@H]3C[C@]3(c3ccc(Br)cc3)C2)nnc1C1CCOC(=O)C1. The summed E-state index contributed by atoms with van der Waals surface area (Å²) >= 11 is 5.31. The Morgan fingerprint density at radius 2 is 2.13 bits per heavy atom. The minimum absolute atomic E-state index is 0.129. The maximum Gasteiger partial charge on any atom is 0.306 e. The lowest BCUT2D eigenvalue weighted by Gasteiger charge is -2.21. The number of hydrogen-bond donors (Lipinski definition) is 0. The van der Waals surface area contributed by atoms with Crippen molar-refractivity contribution in [2.45, 2.75) is 42.2 Å². The van der Waals surface area contributed by atoms with E-state index in [0.717, 1.165) is 46.5 Å². The Kier molecular flexibility index (Phi) is 5.66. The Hall–Kier alpha value is -1.38. The number of hydrogen-bond acceptors (Lipinski definition) is 6. The minimum Gasteiger partial charge on any atom is -0.466 e. The summed E-state index contributed by atoms with van der Waals surface area (Å²) in [7, 11) is 2.01. The van der Waals surface area contributed by atoms with Crippen LogP contribution in [-0.2, 0) is 22.0 Å². The number of rotatable bonds is 7. The molecule has 2 aromatic rings. The number of likely N-dealkylation sites (tertiary alicyclic amines) is 1. The molecule has 3 fully saturated rings. The molecule has 0 N–H and O–H groups in total. The fraction of sp³-hybridized carbons (Fsp3) is 0.591. The molecule has 6 nitrogen and oxygen atoms in total. The van der Waals surface area contributed by atoms with E-state index in [1.165, 1.54) is 25.1 Å². The van der Waals surface area contributed by atoms with Crippen molar-refractivity contribution in [1.29, 1.82) is 0 Å². The first-order chi connectivity index (χ1) is 14.5. The van der Waals surface area contributed by atoms with Crippen molar-refractivity contribution in [2.24, 2.45) is 13.0 Å². The smallest absolute Gasteiger partial charge is 0.306 e. The highest BCUT2D eigenvalue weighted by Gasteiger charge is 2.60. The van der Waals surface area contributed by atoms with Crippen molar-refractivity contribution in [3.05, 3.63) is 40.1 Å². The number of nitrogens with zero attached hydrogens (tertiary/aromatic N) is 4. The van der Waals surface area contributed by atoms with Crippen LogP contribution < -0.4 is 0 Å². The molecular formula is C22H27BrN4O2S. The van der Waals surface area contributed by atoms with Crippen LogP contribution in [0, 0.1) is 5.92 Å². The lowest BCUT2D eigenvalue weighted by atomic mass is 9.95. The largest absolute Gasteiger partial charge is 0.466 e. The maximum atomic E-state index is 11.6. The third-order valence-electron chi connectivity index (χ3n) is 6.86. The van der Waals surface area contributed by atoms with Gasteiger partial charge in [0, 0.05) is 41.7 Å². The van der Waals surface area contributed by atoms with Crippen LogP contribution >= 0.6 is 27.7 Å². The van der Waals surface area contributed by atoms with Crippen LogP contribution in [0.25, 0.3) is 0 Å². The molecule has 30 heavy (non-hydrogen) atoms. The van der Waals surface area contributed by atoms with E-state index in [1.54, 1.807) is 11.8 Å². The van der Waals surface area contributed by atoms with Crippen molar-refractivity contribution >= 4 is 33.7 Å². The second kappa shape index (κ2) is 8.28. The molecule has 5 rings (SSSR count). The average molecular weight is 491 g/mol. The lowest BCUT2D eigenvalue weighted by Crippen LogP contribution is -2.27. The molecule has 0 amide bonds. The molecule has 1 saturated carbocycles. The quantitative estimate of drug-likeness (QED) is 0.334.